The fourth-order valence-electron chi connectivity index (χ4n) is 5.96. The number of benzene rings is 4. The van der Waals surface area contributed by atoms with Gasteiger partial charge in [-0.3, -0.25) is 0 Å². The number of hydrogen-bond donors (Lipinski definition) is 0. The fourth-order valence-corrected chi connectivity index (χ4v) is 6.91. The predicted octanol–water partition coefficient (Wildman–Crippen LogP) is 8.44. The van der Waals surface area contributed by atoms with Crippen LogP contribution in [0.25, 0.3) is 21.2 Å². The van der Waals surface area contributed by atoms with Gasteiger partial charge in [0.15, 0.2) is 0 Å². The van der Waals surface area contributed by atoms with E-state index in [2.05, 4.69) is 131 Å². The van der Waals surface area contributed by atoms with E-state index in [-0.39, 0.29) is 17.7 Å². The zero-order valence-corrected chi connectivity index (χ0v) is 23.7. The maximum atomic E-state index is 6.89. The summed E-state index contributed by atoms with van der Waals surface area (Å²) in [5.74, 6) is 0.965. The molecule has 0 aliphatic carbocycles. The molecule has 3 heterocycles. The van der Waals surface area contributed by atoms with Gasteiger partial charge in [0.2, 0.25) is 0 Å². The van der Waals surface area contributed by atoms with Crippen LogP contribution in [-0.4, -0.2) is 6.92 Å². The molecule has 0 atom stereocenters. The van der Waals surface area contributed by atoms with Crippen molar-refractivity contribution in [3.63, 3.8) is 0 Å². The van der Waals surface area contributed by atoms with E-state index in [1.54, 1.807) is 0 Å². The molecule has 38 heavy (non-hydrogen) atoms. The Morgan fingerprint density at radius 3 is 2.18 bits per heavy atom. The molecule has 0 N–H and O–H groups in total. The molecule has 2 nitrogen and oxygen atoms in total. The van der Waals surface area contributed by atoms with E-state index in [0.717, 1.165) is 5.75 Å². The topological polar surface area (TPSA) is 12.5 Å². The lowest BCUT2D eigenvalue weighted by atomic mass is 9.49. The van der Waals surface area contributed by atoms with Crippen LogP contribution < -0.4 is 20.5 Å². The van der Waals surface area contributed by atoms with Crippen LogP contribution in [0.5, 0.6) is 5.75 Å². The highest BCUT2D eigenvalue weighted by atomic mass is 32.1. The molecule has 188 valence electrons. The first-order chi connectivity index (χ1) is 18.1. The Hall–Kier alpha value is -3.50. The molecular weight excluding hydrogens is 481 g/mol. The summed E-state index contributed by atoms with van der Waals surface area (Å²) < 4.78 is 8.22. The van der Waals surface area contributed by atoms with Crippen molar-refractivity contribution in [2.24, 2.45) is 0 Å². The number of rotatable bonds is 1. The second kappa shape index (κ2) is 8.00. The van der Waals surface area contributed by atoms with Crippen LogP contribution in [0.2, 0.25) is 0 Å². The Kier molecular flexibility index (Phi) is 4.97. The summed E-state index contributed by atoms with van der Waals surface area (Å²) in [5, 5.41) is 3.50. The molecule has 4 aromatic carbocycles. The van der Waals surface area contributed by atoms with Gasteiger partial charge in [-0.25, -0.2) is 0 Å². The van der Waals surface area contributed by atoms with Crippen LogP contribution >= 0.6 is 11.3 Å². The molecule has 2 aliphatic rings. The van der Waals surface area contributed by atoms with Crippen molar-refractivity contribution in [2.75, 3.05) is 4.90 Å². The summed E-state index contributed by atoms with van der Waals surface area (Å²) in [7, 11) is 0. The van der Waals surface area contributed by atoms with Crippen molar-refractivity contribution in [2.45, 2.75) is 52.4 Å². The zero-order valence-electron chi connectivity index (χ0n) is 22.9. The quantitative estimate of drug-likeness (QED) is 0.209. The zero-order chi connectivity index (χ0) is 26.4. The Bertz CT molecular complexity index is 1720. The molecule has 4 heteroatoms. The summed E-state index contributed by atoms with van der Waals surface area (Å²) in [4.78, 5) is 2.46. The smallest absolute Gasteiger partial charge is 0.431 e. The summed E-state index contributed by atoms with van der Waals surface area (Å²) in [6, 6.07) is 29.3. The van der Waals surface area contributed by atoms with Crippen molar-refractivity contribution in [3.8, 4) is 16.9 Å². The van der Waals surface area contributed by atoms with Crippen LogP contribution in [0, 0.1) is 0 Å². The normalized spacial score (nSPS) is 14.2. The van der Waals surface area contributed by atoms with Crippen LogP contribution in [0.1, 0.15) is 52.7 Å². The van der Waals surface area contributed by atoms with Crippen molar-refractivity contribution < 1.29 is 4.65 Å². The van der Waals surface area contributed by atoms with Gasteiger partial charge in [0.25, 0.3) is 0 Å². The van der Waals surface area contributed by atoms with Crippen molar-refractivity contribution in [3.05, 3.63) is 95.4 Å². The highest BCUT2D eigenvalue weighted by molar-refractivity contribution is 7.18. The van der Waals surface area contributed by atoms with E-state index in [4.69, 9.17) is 4.65 Å². The molecule has 2 aliphatic heterocycles. The SMILES string of the molecule is CC(C)(C)c1ccc(N2c3ccc(C(C)(C)C)cc3B3Oc4ccccc4-c4c3c2cc2ccsc42)cc1. The monoisotopic (exact) mass is 513 g/mol. The van der Waals surface area contributed by atoms with Crippen molar-refractivity contribution >= 4 is 56.3 Å². The van der Waals surface area contributed by atoms with Crippen molar-refractivity contribution in [1.29, 1.82) is 0 Å². The highest BCUT2D eigenvalue weighted by Crippen LogP contribution is 2.47. The molecule has 0 unspecified atom stereocenters. The van der Waals surface area contributed by atoms with E-state index in [0.29, 0.717) is 0 Å². The largest absolute Gasteiger partial charge is 0.551 e. The second-order valence-corrected chi connectivity index (χ2v) is 13.6. The van der Waals surface area contributed by atoms with E-state index in [9.17, 15) is 0 Å². The highest BCUT2D eigenvalue weighted by Gasteiger charge is 2.43. The molecule has 0 radical (unpaired) electrons. The molecule has 0 fully saturated rings. The minimum absolute atomic E-state index is 0.0433. The molecule has 5 aromatic rings. The van der Waals surface area contributed by atoms with Gasteiger partial charge in [0.1, 0.15) is 5.75 Å². The summed E-state index contributed by atoms with van der Waals surface area (Å²) >= 11 is 1.83. The van der Waals surface area contributed by atoms with E-state index in [1.165, 1.54) is 60.3 Å². The van der Waals surface area contributed by atoms with Gasteiger partial charge in [-0.2, -0.15) is 0 Å². The summed E-state index contributed by atoms with van der Waals surface area (Å²) in [5.41, 5.74) is 11.4. The molecule has 0 saturated heterocycles. The standard InChI is InChI=1S/C34H32BNOS/c1-33(2,3)22-11-14-24(15-12-22)36-27-16-13-23(34(4,5)6)20-26(27)35-31-28(36)19-21-17-18-38-32(21)30(31)25-9-7-8-10-29(25)37-35/h7-20H,1-6H3. The third-order valence-electron chi connectivity index (χ3n) is 8.07. The van der Waals surface area contributed by atoms with Crippen LogP contribution in [-0.2, 0) is 10.8 Å². The number of fused-ring (bicyclic) bond motifs is 6. The van der Waals surface area contributed by atoms with Gasteiger partial charge < -0.3 is 9.55 Å². The average Bonchev–Trinajstić information content (AvgIpc) is 3.36. The first kappa shape index (κ1) is 23.6. The number of para-hydroxylation sites is 1. The number of thiophene rings is 1. The predicted molar refractivity (Wildman–Crippen MR) is 165 cm³/mol. The van der Waals surface area contributed by atoms with Gasteiger partial charge in [0.05, 0.1) is 0 Å². The van der Waals surface area contributed by atoms with Crippen molar-refractivity contribution in [1.82, 2.24) is 0 Å². The maximum absolute atomic E-state index is 6.89. The van der Waals surface area contributed by atoms with Gasteiger partial charge in [-0.1, -0.05) is 84.0 Å². The molecule has 0 spiro atoms. The lowest BCUT2D eigenvalue weighted by Crippen LogP contribution is -2.56. The molecule has 7 rings (SSSR count). The first-order valence-corrected chi connectivity index (χ1v) is 14.3. The van der Waals surface area contributed by atoms with Gasteiger partial charge >= 0.3 is 6.92 Å². The number of hydrogen-bond acceptors (Lipinski definition) is 3. The van der Waals surface area contributed by atoms with E-state index in [1.807, 2.05) is 11.3 Å². The lowest BCUT2D eigenvalue weighted by molar-refractivity contribution is 0.585. The van der Waals surface area contributed by atoms with Gasteiger partial charge in [-0.05, 0) is 74.6 Å². The summed E-state index contributed by atoms with van der Waals surface area (Å²) in [6.07, 6.45) is 0. The Morgan fingerprint density at radius 2 is 1.45 bits per heavy atom. The third kappa shape index (κ3) is 3.46. The van der Waals surface area contributed by atoms with Gasteiger partial charge in [0, 0.05) is 38.4 Å². The van der Waals surface area contributed by atoms with E-state index >= 15 is 0 Å². The Balaban J connectivity index is 1.56. The van der Waals surface area contributed by atoms with E-state index < -0.39 is 0 Å². The molecule has 0 saturated carbocycles. The molecular formula is C34H32BNOS. The average molecular weight is 514 g/mol. The Morgan fingerprint density at radius 1 is 0.737 bits per heavy atom. The lowest BCUT2D eigenvalue weighted by Gasteiger charge is -2.40. The fraction of sp³-hybridized carbons (Fsp3) is 0.235. The minimum atomic E-state index is -0.149. The molecule has 0 amide bonds. The van der Waals surface area contributed by atoms with Crippen LogP contribution in [0.15, 0.2) is 84.2 Å². The maximum Gasteiger partial charge on any atom is 0.431 e. The van der Waals surface area contributed by atoms with Crippen LogP contribution in [0.4, 0.5) is 17.1 Å². The molecule has 1 aromatic heterocycles. The van der Waals surface area contributed by atoms with Crippen LogP contribution in [0.3, 0.4) is 0 Å². The Labute approximate surface area is 230 Å². The second-order valence-electron chi connectivity index (χ2n) is 12.7. The van der Waals surface area contributed by atoms with Gasteiger partial charge in [-0.15, -0.1) is 11.3 Å². The minimum Gasteiger partial charge on any atom is -0.551 e. The number of nitrogens with zero attached hydrogens (tertiary/aromatic N) is 1. The first-order valence-electron chi connectivity index (χ1n) is 13.5. The summed E-state index contributed by atoms with van der Waals surface area (Å²) in [6.45, 7) is 13.5. The molecule has 0 bridgehead atoms. The number of anilines is 3. The third-order valence-corrected chi connectivity index (χ3v) is 9.02.